The van der Waals surface area contributed by atoms with Crippen LogP contribution in [-0.4, -0.2) is 35.4 Å². The molecule has 0 aliphatic heterocycles. The van der Waals surface area contributed by atoms with E-state index in [-0.39, 0.29) is 18.2 Å². The lowest BCUT2D eigenvalue weighted by atomic mass is 10.1. The number of halogens is 2. The van der Waals surface area contributed by atoms with Gasteiger partial charge in [-0.3, -0.25) is 4.79 Å². The molecule has 0 spiro atoms. The van der Waals surface area contributed by atoms with E-state index in [4.69, 9.17) is 27.9 Å². The number of hydrogen-bond donors (Lipinski definition) is 0. The van der Waals surface area contributed by atoms with E-state index in [1.54, 1.807) is 45.2 Å². The predicted molar refractivity (Wildman–Crippen MR) is 97.2 cm³/mol. The van der Waals surface area contributed by atoms with Crippen LogP contribution in [0.5, 0.6) is 0 Å². The minimum Gasteiger partial charge on any atom is -0.462 e. The third-order valence-electron chi connectivity index (χ3n) is 3.59. The fraction of sp³-hybridized carbons (Fsp3) is 0.278. The molecule has 0 saturated heterocycles. The summed E-state index contributed by atoms with van der Waals surface area (Å²) in [5.74, 6) is -0.736. The van der Waals surface area contributed by atoms with E-state index in [0.29, 0.717) is 27.8 Å². The molecule has 25 heavy (non-hydrogen) atoms. The van der Waals surface area contributed by atoms with Gasteiger partial charge in [0.15, 0.2) is 0 Å². The molecule has 2 aromatic rings. The lowest BCUT2D eigenvalue weighted by Crippen LogP contribution is -2.27. The number of rotatable bonds is 5. The monoisotopic (exact) mass is 380 g/mol. The summed E-state index contributed by atoms with van der Waals surface area (Å²) in [4.78, 5) is 30.1. The molecular formula is C18H18Cl2N2O3. The van der Waals surface area contributed by atoms with Crippen molar-refractivity contribution in [3.05, 3.63) is 62.9 Å². The van der Waals surface area contributed by atoms with Crippen molar-refractivity contribution in [2.45, 2.75) is 20.4 Å². The first-order valence-electron chi connectivity index (χ1n) is 7.68. The highest BCUT2D eigenvalue weighted by Crippen LogP contribution is 2.26. The number of carbonyl (C=O) groups is 2. The zero-order chi connectivity index (χ0) is 18.6. The molecule has 7 heteroatoms. The molecule has 0 aliphatic rings. The van der Waals surface area contributed by atoms with Crippen LogP contribution in [0.4, 0.5) is 0 Å². The van der Waals surface area contributed by atoms with Crippen molar-refractivity contribution in [1.82, 2.24) is 9.88 Å². The molecule has 1 aromatic heterocycles. The van der Waals surface area contributed by atoms with Gasteiger partial charge in [-0.1, -0.05) is 35.3 Å². The zero-order valence-electron chi connectivity index (χ0n) is 14.2. The Kier molecular flexibility index (Phi) is 6.39. The molecule has 1 aromatic carbocycles. The number of nitrogens with zero attached hydrogens (tertiary/aromatic N) is 2. The fourth-order valence-corrected chi connectivity index (χ4v) is 2.68. The molecular weight excluding hydrogens is 363 g/mol. The zero-order valence-corrected chi connectivity index (χ0v) is 15.7. The Bertz CT molecular complexity index is 809. The molecule has 0 fully saturated rings. The summed E-state index contributed by atoms with van der Waals surface area (Å²) in [7, 11) is 1.65. The van der Waals surface area contributed by atoms with E-state index >= 15 is 0 Å². The number of esters is 1. The van der Waals surface area contributed by atoms with Gasteiger partial charge < -0.3 is 9.64 Å². The summed E-state index contributed by atoms with van der Waals surface area (Å²) in [5.41, 5.74) is 1.77. The normalized spacial score (nSPS) is 10.4. The summed E-state index contributed by atoms with van der Waals surface area (Å²) in [6.07, 6.45) is 0. The van der Waals surface area contributed by atoms with Gasteiger partial charge >= 0.3 is 5.97 Å². The van der Waals surface area contributed by atoms with Crippen LogP contribution in [0.3, 0.4) is 0 Å². The van der Waals surface area contributed by atoms with E-state index < -0.39 is 5.97 Å². The van der Waals surface area contributed by atoms with E-state index in [1.807, 2.05) is 0 Å². The molecule has 5 nitrogen and oxygen atoms in total. The van der Waals surface area contributed by atoms with Crippen LogP contribution in [0.1, 0.15) is 39.0 Å². The molecule has 0 N–H and O–H groups in total. The highest BCUT2D eigenvalue weighted by atomic mass is 35.5. The van der Waals surface area contributed by atoms with E-state index in [0.717, 1.165) is 5.56 Å². The molecule has 132 valence electrons. The van der Waals surface area contributed by atoms with Gasteiger partial charge in [0.05, 0.1) is 27.9 Å². The maximum atomic E-state index is 12.6. The summed E-state index contributed by atoms with van der Waals surface area (Å²) < 4.78 is 4.96. The summed E-state index contributed by atoms with van der Waals surface area (Å²) in [6, 6.07) is 8.33. The third kappa shape index (κ3) is 4.50. The van der Waals surface area contributed by atoms with Crippen LogP contribution in [-0.2, 0) is 11.3 Å². The molecule has 0 aliphatic carbocycles. The molecule has 0 atom stereocenters. The summed E-state index contributed by atoms with van der Waals surface area (Å²) in [5, 5.41) is 0.860. The van der Waals surface area contributed by atoms with E-state index in [2.05, 4.69) is 4.98 Å². The Morgan fingerprint density at radius 1 is 1.20 bits per heavy atom. The summed E-state index contributed by atoms with van der Waals surface area (Å²) >= 11 is 12.2. The van der Waals surface area contributed by atoms with Gasteiger partial charge in [0.2, 0.25) is 0 Å². The Hall–Kier alpha value is -2.11. The minimum absolute atomic E-state index is 0.242. The lowest BCUT2D eigenvalue weighted by molar-refractivity contribution is 0.0524. The van der Waals surface area contributed by atoms with Crippen molar-refractivity contribution in [2.24, 2.45) is 0 Å². The number of aryl methyl sites for hydroxylation is 1. The average molecular weight is 381 g/mol. The second-order valence-electron chi connectivity index (χ2n) is 5.42. The SMILES string of the molecule is CCOC(=O)c1ccc(C(=O)N(C)Cc2cccc(Cl)c2Cl)nc1C. The Balaban J connectivity index is 2.18. The van der Waals surface area contributed by atoms with Gasteiger partial charge in [-0.15, -0.1) is 0 Å². The van der Waals surface area contributed by atoms with Crippen LogP contribution >= 0.6 is 23.2 Å². The Morgan fingerprint density at radius 3 is 2.56 bits per heavy atom. The highest BCUT2D eigenvalue weighted by molar-refractivity contribution is 6.42. The molecule has 0 unspecified atom stereocenters. The standard InChI is InChI=1S/C18H18Cl2N2O3/c1-4-25-18(24)13-8-9-15(21-11(13)2)17(23)22(3)10-12-6-5-7-14(19)16(12)20/h5-9H,4,10H2,1-3H3. The van der Waals surface area contributed by atoms with Gasteiger partial charge in [0.25, 0.3) is 5.91 Å². The van der Waals surface area contributed by atoms with Crippen LogP contribution in [0, 0.1) is 6.92 Å². The van der Waals surface area contributed by atoms with E-state index in [1.165, 1.54) is 11.0 Å². The first kappa shape index (κ1) is 19.2. The lowest BCUT2D eigenvalue weighted by Gasteiger charge is -2.18. The topological polar surface area (TPSA) is 59.5 Å². The summed E-state index contributed by atoms with van der Waals surface area (Å²) in [6.45, 7) is 3.96. The molecule has 0 radical (unpaired) electrons. The van der Waals surface area contributed by atoms with Crippen LogP contribution in [0.2, 0.25) is 10.0 Å². The molecule has 2 rings (SSSR count). The van der Waals surface area contributed by atoms with Crippen LogP contribution < -0.4 is 0 Å². The van der Waals surface area contributed by atoms with Crippen molar-refractivity contribution < 1.29 is 14.3 Å². The molecule has 0 saturated carbocycles. The van der Waals surface area contributed by atoms with Gasteiger partial charge in [-0.25, -0.2) is 9.78 Å². The Labute approximate surface area is 156 Å². The number of benzene rings is 1. The number of hydrogen-bond acceptors (Lipinski definition) is 4. The highest BCUT2D eigenvalue weighted by Gasteiger charge is 2.18. The largest absolute Gasteiger partial charge is 0.462 e. The van der Waals surface area contributed by atoms with Crippen molar-refractivity contribution >= 4 is 35.1 Å². The first-order valence-corrected chi connectivity index (χ1v) is 8.43. The smallest absolute Gasteiger partial charge is 0.339 e. The van der Waals surface area contributed by atoms with E-state index in [9.17, 15) is 9.59 Å². The van der Waals surface area contributed by atoms with Gasteiger partial charge in [0, 0.05) is 13.6 Å². The maximum absolute atomic E-state index is 12.6. The number of amides is 1. The predicted octanol–water partition coefficient (Wildman–Crippen LogP) is 4.15. The molecule has 1 heterocycles. The molecule has 1 amide bonds. The second-order valence-corrected chi connectivity index (χ2v) is 6.21. The minimum atomic E-state index is -0.453. The van der Waals surface area contributed by atoms with Crippen molar-refractivity contribution in [2.75, 3.05) is 13.7 Å². The van der Waals surface area contributed by atoms with Crippen molar-refractivity contribution in [1.29, 1.82) is 0 Å². The van der Waals surface area contributed by atoms with Crippen molar-refractivity contribution in [3.8, 4) is 0 Å². The maximum Gasteiger partial charge on any atom is 0.339 e. The number of ether oxygens (including phenoxy) is 1. The van der Waals surface area contributed by atoms with Gasteiger partial charge in [-0.05, 0) is 37.6 Å². The quantitative estimate of drug-likeness (QED) is 0.731. The van der Waals surface area contributed by atoms with Gasteiger partial charge in [-0.2, -0.15) is 0 Å². The average Bonchev–Trinajstić information content (AvgIpc) is 2.58. The fourth-order valence-electron chi connectivity index (χ4n) is 2.30. The second kappa shape index (κ2) is 8.32. The van der Waals surface area contributed by atoms with Crippen molar-refractivity contribution in [3.63, 3.8) is 0 Å². The van der Waals surface area contributed by atoms with Crippen LogP contribution in [0.25, 0.3) is 0 Å². The number of aromatic nitrogens is 1. The molecule has 0 bridgehead atoms. The Morgan fingerprint density at radius 2 is 1.92 bits per heavy atom. The number of carbonyl (C=O) groups excluding carboxylic acids is 2. The first-order chi connectivity index (χ1) is 11.8. The number of pyridine rings is 1. The third-order valence-corrected chi connectivity index (χ3v) is 4.44. The van der Waals surface area contributed by atoms with Crippen LogP contribution in [0.15, 0.2) is 30.3 Å². The van der Waals surface area contributed by atoms with Gasteiger partial charge in [0.1, 0.15) is 5.69 Å².